The first kappa shape index (κ1) is 11.0. The van der Waals surface area contributed by atoms with E-state index in [-0.39, 0.29) is 5.54 Å². The van der Waals surface area contributed by atoms with Crippen LogP contribution in [0.25, 0.3) is 0 Å². The molecule has 0 aliphatic rings. The fraction of sp³-hybridized carbons (Fsp3) is 0.500. The number of likely N-dealkylation sites (N-methyl/N-ethyl adjacent to an activating group) is 1. The lowest BCUT2D eigenvalue weighted by Gasteiger charge is -2.34. The molecule has 2 nitrogen and oxygen atoms in total. The van der Waals surface area contributed by atoms with Gasteiger partial charge in [0.2, 0.25) is 0 Å². The van der Waals surface area contributed by atoms with Crippen LogP contribution in [0.1, 0.15) is 20.8 Å². The molecule has 0 atom stereocenters. The van der Waals surface area contributed by atoms with Crippen molar-refractivity contribution in [3.05, 3.63) is 25.4 Å². The largest absolute Gasteiger partial charge is 0.355 e. The summed E-state index contributed by atoms with van der Waals surface area (Å²) in [5, 5.41) is 0. The van der Waals surface area contributed by atoms with Gasteiger partial charge in [0, 0.05) is 13.2 Å². The predicted molar refractivity (Wildman–Crippen MR) is 55.3 cm³/mol. The lowest BCUT2D eigenvalue weighted by atomic mass is 10.0. The Balaban J connectivity index is 4.58. The highest BCUT2D eigenvalue weighted by molar-refractivity contribution is 5.80. The number of amidine groups is 1. The molecule has 0 N–H and O–H groups in total. The van der Waals surface area contributed by atoms with Crippen molar-refractivity contribution in [2.75, 3.05) is 7.05 Å². The summed E-state index contributed by atoms with van der Waals surface area (Å²) < 4.78 is 0. The zero-order valence-electron chi connectivity index (χ0n) is 8.46. The molecule has 0 fully saturated rings. The molecule has 0 aromatic heterocycles. The Hall–Kier alpha value is -1.05. The molecule has 0 aromatic rings. The third-order valence-electron chi connectivity index (χ3n) is 2.13. The quantitative estimate of drug-likeness (QED) is 0.357. The summed E-state index contributed by atoms with van der Waals surface area (Å²) in [5.74, 6) is 0.940. The molecule has 0 saturated heterocycles. The van der Waals surface area contributed by atoms with Gasteiger partial charge in [-0.2, -0.15) is 0 Å². The van der Waals surface area contributed by atoms with E-state index in [0.717, 1.165) is 5.84 Å². The first-order chi connectivity index (χ1) is 5.45. The second-order valence-electron chi connectivity index (χ2n) is 3.28. The molecule has 0 amide bonds. The highest BCUT2D eigenvalue weighted by Crippen LogP contribution is 2.13. The van der Waals surface area contributed by atoms with Crippen LogP contribution in [-0.4, -0.2) is 23.3 Å². The predicted octanol–water partition coefficient (Wildman–Crippen LogP) is 2.44. The van der Waals surface area contributed by atoms with E-state index < -0.39 is 0 Å². The van der Waals surface area contributed by atoms with Crippen LogP contribution in [-0.2, 0) is 0 Å². The van der Waals surface area contributed by atoms with E-state index in [1.54, 1.807) is 6.20 Å². The molecule has 0 aromatic carbocycles. The Morgan fingerprint density at radius 3 is 2.25 bits per heavy atom. The van der Waals surface area contributed by atoms with E-state index >= 15 is 0 Å². The maximum Gasteiger partial charge on any atom is 0.101 e. The molecule has 0 aliphatic carbocycles. The first-order valence-corrected chi connectivity index (χ1v) is 3.98. The maximum absolute atomic E-state index is 4.10. The zero-order valence-corrected chi connectivity index (χ0v) is 8.46. The molecule has 0 spiro atoms. The van der Waals surface area contributed by atoms with Gasteiger partial charge in [0.05, 0.1) is 5.54 Å². The minimum atomic E-state index is -0.0589. The number of rotatable bonds is 3. The summed E-state index contributed by atoms with van der Waals surface area (Å²) in [6.07, 6.45) is 3.44. The minimum absolute atomic E-state index is 0.0589. The lowest BCUT2D eigenvalue weighted by molar-refractivity contribution is 0.320. The second-order valence-corrected chi connectivity index (χ2v) is 3.28. The van der Waals surface area contributed by atoms with E-state index in [1.807, 2.05) is 20.0 Å². The van der Waals surface area contributed by atoms with Crippen molar-refractivity contribution in [2.24, 2.45) is 4.99 Å². The van der Waals surface area contributed by atoms with E-state index in [0.29, 0.717) is 0 Å². The van der Waals surface area contributed by atoms with E-state index in [2.05, 4.69) is 36.9 Å². The third kappa shape index (κ3) is 2.53. The smallest absolute Gasteiger partial charge is 0.101 e. The lowest BCUT2D eigenvalue weighted by Crippen LogP contribution is -2.42. The van der Waals surface area contributed by atoms with Gasteiger partial charge >= 0.3 is 0 Å². The summed E-state index contributed by atoms with van der Waals surface area (Å²) in [5.41, 5.74) is -0.0589. The van der Waals surface area contributed by atoms with Gasteiger partial charge in [0.25, 0.3) is 0 Å². The minimum Gasteiger partial charge on any atom is -0.355 e. The van der Waals surface area contributed by atoms with Crippen molar-refractivity contribution in [3.63, 3.8) is 0 Å². The Bertz CT molecular complexity index is 202. The first-order valence-electron chi connectivity index (χ1n) is 3.98. The van der Waals surface area contributed by atoms with Crippen molar-refractivity contribution in [3.8, 4) is 0 Å². The Morgan fingerprint density at radius 1 is 1.42 bits per heavy atom. The average molecular weight is 166 g/mol. The molecule has 0 heterocycles. The molecule has 0 rings (SSSR count). The van der Waals surface area contributed by atoms with Crippen LogP contribution in [0, 0.1) is 0 Å². The fourth-order valence-corrected chi connectivity index (χ4v) is 0.773. The van der Waals surface area contributed by atoms with E-state index in [1.165, 1.54) is 0 Å². The number of nitrogens with zero attached hydrogens (tertiary/aromatic N) is 2. The van der Waals surface area contributed by atoms with Gasteiger partial charge in [0.15, 0.2) is 0 Å². The standard InChI is InChI=1S/C10H18N2/c1-7-10(4,5)12(6)9(3)11-8-2/h7-8H,1-2H2,3-6H3/b11-9-. The van der Waals surface area contributed by atoms with E-state index in [4.69, 9.17) is 0 Å². The topological polar surface area (TPSA) is 15.6 Å². The Morgan fingerprint density at radius 2 is 1.92 bits per heavy atom. The molecular weight excluding hydrogens is 148 g/mol. The van der Waals surface area contributed by atoms with Crippen molar-refractivity contribution < 1.29 is 0 Å². The number of hydrogen-bond donors (Lipinski definition) is 0. The van der Waals surface area contributed by atoms with Crippen LogP contribution >= 0.6 is 0 Å². The molecule has 0 unspecified atom stereocenters. The molecule has 0 aliphatic heterocycles. The second kappa shape index (κ2) is 4.10. The molecular formula is C10H18N2. The maximum atomic E-state index is 4.10. The highest BCUT2D eigenvalue weighted by atomic mass is 15.2. The molecule has 0 radical (unpaired) electrons. The van der Waals surface area contributed by atoms with Crippen molar-refractivity contribution >= 4 is 5.84 Å². The molecule has 0 saturated carbocycles. The molecule has 68 valence electrons. The van der Waals surface area contributed by atoms with Crippen molar-refractivity contribution in [1.29, 1.82) is 0 Å². The highest BCUT2D eigenvalue weighted by Gasteiger charge is 2.19. The van der Waals surface area contributed by atoms with Gasteiger partial charge in [-0.25, -0.2) is 4.99 Å². The van der Waals surface area contributed by atoms with Crippen molar-refractivity contribution in [2.45, 2.75) is 26.3 Å². The van der Waals surface area contributed by atoms with Crippen LogP contribution in [0.5, 0.6) is 0 Å². The summed E-state index contributed by atoms with van der Waals surface area (Å²) in [6.45, 7) is 13.4. The monoisotopic (exact) mass is 166 g/mol. The van der Waals surface area contributed by atoms with Gasteiger partial charge < -0.3 is 4.90 Å². The zero-order chi connectivity index (χ0) is 9.78. The van der Waals surface area contributed by atoms with Crippen molar-refractivity contribution in [1.82, 2.24) is 4.90 Å². The fourth-order valence-electron chi connectivity index (χ4n) is 0.773. The third-order valence-corrected chi connectivity index (χ3v) is 2.13. The summed E-state index contributed by atoms with van der Waals surface area (Å²) in [4.78, 5) is 6.15. The normalized spacial score (nSPS) is 12.5. The van der Waals surface area contributed by atoms with Crippen LogP contribution in [0.4, 0.5) is 0 Å². The van der Waals surface area contributed by atoms with Crippen LogP contribution < -0.4 is 0 Å². The Kier molecular flexibility index (Phi) is 3.74. The summed E-state index contributed by atoms with van der Waals surface area (Å²) >= 11 is 0. The number of aliphatic imine (C=N–C) groups is 1. The van der Waals surface area contributed by atoms with Crippen LogP contribution in [0.3, 0.4) is 0 Å². The molecule has 2 heteroatoms. The summed E-state index contributed by atoms with van der Waals surface area (Å²) in [7, 11) is 1.99. The van der Waals surface area contributed by atoms with Crippen LogP contribution in [0.2, 0.25) is 0 Å². The average Bonchev–Trinajstić information content (AvgIpc) is 2.03. The Labute approximate surface area is 75.3 Å². The van der Waals surface area contributed by atoms with Gasteiger partial charge in [0.1, 0.15) is 5.84 Å². The van der Waals surface area contributed by atoms with Gasteiger partial charge in [-0.15, -0.1) is 6.58 Å². The number of hydrogen-bond acceptors (Lipinski definition) is 1. The summed E-state index contributed by atoms with van der Waals surface area (Å²) in [6, 6.07) is 0. The van der Waals surface area contributed by atoms with Crippen LogP contribution in [0.15, 0.2) is 30.4 Å². The van der Waals surface area contributed by atoms with Gasteiger partial charge in [-0.05, 0) is 20.8 Å². The molecule has 0 bridgehead atoms. The van der Waals surface area contributed by atoms with Gasteiger partial charge in [-0.3, -0.25) is 0 Å². The van der Waals surface area contributed by atoms with E-state index in [9.17, 15) is 0 Å². The SMILES string of the molecule is C=C/N=C(/C)N(C)C(C)(C)C=C. The molecule has 12 heavy (non-hydrogen) atoms. The van der Waals surface area contributed by atoms with Gasteiger partial charge in [-0.1, -0.05) is 12.7 Å².